The highest BCUT2D eigenvalue weighted by atomic mass is 16.5. The van der Waals surface area contributed by atoms with Gasteiger partial charge in [0.05, 0.1) is 31.6 Å². The van der Waals surface area contributed by atoms with Crippen molar-refractivity contribution in [2.75, 3.05) is 44.0 Å². The average Bonchev–Trinajstić information content (AvgIpc) is 2.85. The Bertz CT molecular complexity index is 1110. The minimum absolute atomic E-state index is 0.288. The summed E-state index contributed by atoms with van der Waals surface area (Å²) in [6, 6.07) is 21.6. The van der Waals surface area contributed by atoms with E-state index in [1.54, 1.807) is 55.6 Å². The summed E-state index contributed by atoms with van der Waals surface area (Å²) in [6.07, 6.45) is 0. The molecule has 3 aromatic carbocycles. The van der Waals surface area contributed by atoms with Gasteiger partial charge in [0.1, 0.15) is 5.75 Å². The molecule has 1 fully saturated rings. The van der Waals surface area contributed by atoms with Gasteiger partial charge in [-0.05, 0) is 54.1 Å². The predicted molar refractivity (Wildman–Crippen MR) is 128 cm³/mol. The Morgan fingerprint density at radius 1 is 0.909 bits per heavy atom. The van der Waals surface area contributed by atoms with Crippen LogP contribution in [0.15, 0.2) is 72.8 Å². The highest BCUT2D eigenvalue weighted by Crippen LogP contribution is 2.20. The molecular weight excluding hydrogens is 418 g/mol. The second kappa shape index (κ2) is 10.8. The number of carbonyl (C=O) groups is 2. The fraction of sp³-hybridized carbons (Fsp3) is 0.231. The lowest BCUT2D eigenvalue weighted by atomic mass is 10.1. The minimum atomic E-state index is -0.301. The molecule has 1 aliphatic rings. The molecule has 0 spiro atoms. The highest BCUT2D eigenvalue weighted by molar-refractivity contribution is 6.12. The van der Waals surface area contributed by atoms with Crippen LogP contribution < -0.4 is 15.4 Å². The molecule has 170 valence electrons. The van der Waals surface area contributed by atoms with E-state index in [-0.39, 0.29) is 11.8 Å². The molecule has 0 aliphatic carbocycles. The number of rotatable bonds is 7. The number of nitrogens with zero attached hydrogens (tertiary/aromatic N) is 1. The van der Waals surface area contributed by atoms with Crippen LogP contribution in [-0.2, 0) is 11.3 Å². The first-order valence-electron chi connectivity index (χ1n) is 10.9. The summed E-state index contributed by atoms with van der Waals surface area (Å²) in [7, 11) is 1.57. The molecule has 1 heterocycles. The summed E-state index contributed by atoms with van der Waals surface area (Å²) < 4.78 is 10.5. The van der Waals surface area contributed by atoms with Crippen molar-refractivity contribution < 1.29 is 19.1 Å². The molecule has 7 nitrogen and oxygen atoms in total. The fourth-order valence-corrected chi connectivity index (χ4v) is 3.69. The number of carbonyl (C=O) groups excluding carboxylic acids is 2. The summed E-state index contributed by atoms with van der Waals surface area (Å²) in [4.78, 5) is 28.0. The van der Waals surface area contributed by atoms with Gasteiger partial charge in [0.2, 0.25) is 0 Å². The van der Waals surface area contributed by atoms with Crippen molar-refractivity contribution in [1.82, 2.24) is 4.90 Å². The van der Waals surface area contributed by atoms with Crippen molar-refractivity contribution in [3.05, 3.63) is 89.5 Å². The minimum Gasteiger partial charge on any atom is -0.497 e. The van der Waals surface area contributed by atoms with E-state index in [0.717, 1.165) is 38.4 Å². The Balaban J connectivity index is 1.44. The van der Waals surface area contributed by atoms with Gasteiger partial charge in [-0.3, -0.25) is 14.5 Å². The van der Waals surface area contributed by atoms with Gasteiger partial charge in [-0.25, -0.2) is 0 Å². The zero-order chi connectivity index (χ0) is 23.0. The van der Waals surface area contributed by atoms with Crippen LogP contribution in [0.4, 0.5) is 11.4 Å². The monoisotopic (exact) mass is 445 g/mol. The van der Waals surface area contributed by atoms with Crippen LogP contribution in [0, 0.1) is 0 Å². The van der Waals surface area contributed by atoms with E-state index >= 15 is 0 Å². The summed E-state index contributed by atoms with van der Waals surface area (Å²) in [5.41, 5.74) is 3.14. The van der Waals surface area contributed by atoms with Gasteiger partial charge in [0.25, 0.3) is 11.8 Å². The molecule has 0 bridgehead atoms. The van der Waals surface area contributed by atoms with Crippen LogP contribution in [0.25, 0.3) is 0 Å². The van der Waals surface area contributed by atoms with E-state index in [2.05, 4.69) is 15.5 Å². The molecule has 0 aromatic heterocycles. The van der Waals surface area contributed by atoms with E-state index < -0.39 is 0 Å². The zero-order valence-corrected chi connectivity index (χ0v) is 18.5. The molecule has 2 N–H and O–H groups in total. The Morgan fingerprint density at radius 2 is 1.67 bits per heavy atom. The van der Waals surface area contributed by atoms with Crippen LogP contribution >= 0.6 is 0 Å². The fourth-order valence-electron chi connectivity index (χ4n) is 3.69. The van der Waals surface area contributed by atoms with Gasteiger partial charge >= 0.3 is 0 Å². The van der Waals surface area contributed by atoms with Crippen molar-refractivity contribution >= 4 is 23.2 Å². The van der Waals surface area contributed by atoms with Crippen molar-refractivity contribution in [2.24, 2.45) is 0 Å². The van der Waals surface area contributed by atoms with Gasteiger partial charge in [0.15, 0.2) is 0 Å². The van der Waals surface area contributed by atoms with Crippen molar-refractivity contribution in [1.29, 1.82) is 0 Å². The van der Waals surface area contributed by atoms with Crippen LogP contribution in [0.5, 0.6) is 5.75 Å². The largest absolute Gasteiger partial charge is 0.497 e. The van der Waals surface area contributed by atoms with E-state index in [1.807, 2.05) is 24.3 Å². The summed E-state index contributed by atoms with van der Waals surface area (Å²) in [6.45, 7) is 4.10. The molecule has 1 aliphatic heterocycles. The molecular formula is C26H27N3O4. The van der Waals surface area contributed by atoms with Crippen molar-refractivity contribution in [2.45, 2.75) is 6.54 Å². The molecule has 0 saturated carbocycles. The van der Waals surface area contributed by atoms with Crippen LogP contribution in [0.1, 0.15) is 26.3 Å². The molecule has 0 atom stereocenters. The van der Waals surface area contributed by atoms with Crippen LogP contribution in [-0.4, -0.2) is 50.1 Å². The maximum atomic E-state index is 13.0. The number of nitrogens with one attached hydrogen (secondary N) is 2. The van der Waals surface area contributed by atoms with Gasteiger partial charge in [-0.2, -0.15) is 0 Å². The lowest BCUT2D eigenvalue weighted by Crippen LogP contribution is -2.35. The highest BCUT2D eigenvalue weighted by Gasteiger charge is 2.15. The molecule has 7 heteroatoms. The molecule has 1 saturated heterocycles. The Hall–Kier alpha value is -3.68. The number of hydrogen-bond donors (Lipinski definition) is 2. The predicted octanol–water partition coefficient (Wildman–Crippen LogP) is 4.03. The van der Waals surface area contributed by atoms with Crippen molar-refractivity contribution in [3.8, 4) is 5.75 Å². The SMILES string of the molecule is COc1ccc(C(=O)Nc2ccccc2C(=O)Nc2cccc(CN3CCOCC3)c2)cc1. The van der Waals surface area contributed by atoms with Gasteiger partial charge in [-0.15, -0.1) is 0 Å². The number of amides is 2. The first kappa shape index (κ1) is 22.5. The number of morpholine rings is 1. The van der Waals surface area contributed by atoms with E-state index in [1.165, 1.54) is 0 Å². The van der Waals surface area contributed by atoms with E-state index in [0.29, 0.717) is 28.3 Å². The van der Waals surface area contributed by atoms with Crippen molar-refractivity contribution in [3.63, 3.8) is 0 Å². The molecule has 2 amide bonds. The second-order valence-electron chi connectivity index (χ2n) is 7.77. The van der Waals surface area contributed by atoms with Gasteiger partial charge in [0, 0.05) is 30.9 Å². The summed E-state index contributed by atoms with van der Waals surface area (Å²) in [5.74, 6) is 0.0803. The average molecular weight is 446 g/mol. The van der Waals surface area contributed by atoms with E-state index in [4.69, 9.17) is 9.47 Å². The zero-order valence-electron chi connectivity index (χ0n) is 18.5. The smallest absolute Gasteiger partial charge is 0.257 e. The second-order valence-corrected chi connectivity index (χ2v) is 7.77. The van der Waals surface area contributed by atoms with Crippen LogP contribution in [0.3, 0.4) is 0 Å². The number of methoxy groups -OCH3 is 1. The molecule has 0 unspecified atom stereocenters. The first-order chi connectivity index (χ1) is 16.1. The normalized spacial score (nSPS) is 13.8. The topological polar surface area (TPSA) is 79.9 Å². The number of hydrogen-bond acceptors (Lipinski definition) is 5. The Morgan fingerprint density at radius 3 is 2.42 bits per heavy atom. The third kappa shape index (κ3) is 5.97. The van der Waals surface area contributed by atoms with Gasteiger partial charge < -0.3 is 20.1 Å². The molecule has 33 heavy (non-hydrogen) atoms. The standard InChI is InChI=1S/C26H27N3O4/c1-32-22-11-9-20(10-12-22)25(30)28-24-8-3-2-7-23(24)26(31)27-21-6-4-5-19(17-21)18-29-13-15-33-16-14-29/h2-12,17H,13-16,18H2,1H3,(H,27,31)(H,28,30). The number of anilines is 2. The van der Waals surface area contributed by atoms with Gasteiger partial charge in [-0.1, -0.05) is 24.3 Å². The molecule has 3 aromatic rings. The summed E-state index contributed by atoms with van der Waals surface area (Å²) >= 11 is 0. The number of benzene rings is 3. The Kier molecular flexibility index (Phi) is 7.34. The maximum absolute atomic E-state index is 13.0. The van der Waals surface area contributed by atoms with E-state index in [9.17, 15) is 9.59 Å². The maximum Gasteiger partial charge on any atom is 0.257 e. The van der Waals surface area contributed by atoms with Crippen LogP contribution in [0.2, 0.25) is 0 Å². The Labute approximate surface area is 193 Å². The third-order valence-corrected chi connectivity index (χ3v) is 5.47. The lowest BCUT2D eigenvalue weighted by Gasteiger charge is -2.26. The quantitative estimate of drug-likeness (QED) is 0.574. The molecule has 4 rings (SSSR count). The first-order valence-corrected chi connectivity index (χ1v) is 10.9. The lowest BCUT2D eigenvalue weighted by molar-refractivity contribution is 0.0342. The number of ether oxygens (including phenoxy) is 2. The summed E-state index contributed by atoms with van der Waals surface area (Å²) in [5, 5.41) is 5.79. The molecule has 0 radical (unpaired) electrons. The third-order valence-electron chi connectivity index (χ3n) is 5.47. The number of para-hydroxylation sites is 1.